The summed E-state index contributed by atoms with van der Waals surface area (Å²) in [4.78, 5) is 0. The second-order valence-corrected chi connectivity index (χ2v) is 8.98. The number of fused-ring (bicyclic) bond motifs is 8. The van der Waals surface area contributed by atoms with Crippen molar-refractivity contribution in [2.75, 3.05) is 7.11 Å². The van der Waals surface area contributed by atoms with Crippen molar-refractivity contribution < 1.29 is 18.7 Å². The molecule has 7 aromatic rings. The Bertz CT molecular complexity index is 1810. The Balaban J connectivity index is 0.000000580. The smallest absolute Gasteiger partial charge is 0.177 e. The Hall–Kier alpha value is -4.02. The van der Waals surface area contributed by atoms with Crippen molar-refractivity contribution in [3.63, 3.8) is 0 Å². The highest BCUT2D eigenvalue weighted by Crippen LogP contribution is 2.47. The lowest BCUT2D eigenvalue weighted by Gasteiger charge is -2.06. The number of hydrogen-bond acceptors (Lipinski definition) is 4. The van der Waals surface area contributed by atoms with Crippen LogP contribution in [0.4, 0.5) is 0 Å². The van der Waals surface area contributed by atoms with Gasteiger partial charge in [0, 0.05) is 43.6 Å². The molecule has 4 heteroatoms. The summed E-state index contributed by atoms with van der Waals surface area (Å²) >= 11 is 0. The molecule has 0 fully saturated rings. The summed E-state index contributed by atoms with van der Waals surface area (Å²) in [7, 11) is 1.69. The fourth-order valence-corrected chi connectivity index (χ4v) is 5.70. The average Bonchev–Trinajstić information content (AvgIpc) is 3.60. The van der Waals surface area contributed by atoms with Crippen molar-refractivity contribution in [2.24, 2.45) is 0 Å². The Labute approximate surface area is 236 Å². The number of furan rings is 2. The maximum absolute atomic E-state index is 10.3. The fraction of sp³-hybridized carbons (Fsp3) is 0.278. The number of aryl methyl sites for hydroxylation is 2. The molecule has 5 aromatic carbocycles. The lowest BCUT2D eigenvalue weighted by Crippen LogP contribution is -1.87. The second kappa shape index (κ2) is 12.0. The summed E-state index contributed by atoms with van der Waals surface area (Å²) in [6, 6.07) is 20.6. The van der Waals surface area contributed by atoms with Gasteiger partial charge in [-0.2, -0.15) is 0 Å². The molecule has 208 valence electrons. The minimum absolute atomic E-state index is 0.0853. The van der Waals surface area contributed by atoms with Gasteiger partial charge in [0.15, 0.2) is 11.3 Å². The van der Waals surface area contributed by atoms with Gasteiger partial charge >= 0.3 is 0 Å². The third-order valence-corrected chi connectivity index (χ3v) is 7.26. The van der Waals surface area contributed by atoms with Crippen LogP contribution in [-0.4, -0.2) is 12.2 Å². The van der Waals surface area contributed by atoms with E-state index in [0.29, 0.717) is 0 Å². The summed E-state index contributed by atoms with van der Waals surface area (Å²) in [5.41, 5.74) is 6.03. The third kappa shape index (κ3) is 4.18. The molecule has 40 heavy (non-hydrogen) atoms. The highest BCUT2D eigenvalue weighted by atomic mass is 16.5. The minimum Gasteiger partial charge on any atom is -0.492 e. The lowest BCUT2D eigenvalue weighted by molar-refractivity contribution is 0.283. The van der Waals surface area contributed by atoms with Gasteiger partial charge in [-0.15, -0.1) is 0 Å². The highest BCUT2D eigenvalue weighted by Gasteiger charge is 2.24. The first-order valence-electron chi connectivity index (χ1n) is 14.4. The van der Waals surface area contributed by atoms with E-state index in [9.17, 15) is 5.11 Å². The van der Waals surface area contributed by atoms with E-state index in [1.54, 1.807) is 7.11 Å². The summed E-state index contributed by atoms with van der Waals surface area (Å²) in [6.07, 6.45) is 0. The number of rotatable bonds is 2. The van der Waals surface area contributed by atoms with Crippen LogP contribution in [0.1, 0.15) is 58.2 Å². The quantitative estimate of drug-likeness (QED) is 0.239. The maximum atomic E-state index is 10.3. The zero-order chi connectivity index (χ0) is 29.1. The van der Waals surface area contributed by atoms with Crippen LogP contribution in [0.25, 0.3) is 65.4 Å². The fourth-order valence-electron chi connectivity index (χ4n) is 5.70. The van der Waals surface area contributed by atoms with E-state index in [0.717, 1.165) is 87.9 Å². The van der Waals surface area contributed by atoms with Gasteiger partial charge in [0.1, 0.15) is 16.7 Å². The first kappa shape index (κ1) is 29.0. The molecule has 1 N–H and O–H groups in total. The molecular weight excluding hydrogens is 496 g/mol. The van der Waals surface area contributed by atoms with Crippen molar-refractivity contribution in [3.8, 4) is 5.75 Å². The van der Waals surface area contributed by atoms with Crippen molar-refractivity contribution in [1.29, 1.82) is 0 Å². The predicted octanol–water partition coefficient (Wildman–Crippen LogP) is 11.0. The average molecular weight is 537 g/mol. The topological polar surface area (TPSA) is 55.7 Å². The van der Waals surface area contributed by atoms with E-state index in [4.69, 9.17) is 13.6 Å². The van der Waals surface area contributed by atoms with Crippen molar-refractivity contribution in [1.82, 2.24) is 0 Å². The predicted molar refractivity (Wildman–Crippen MR) is 172 cm³/mol. The molecule has 2 aromatic heterocycles. The molecule has 0 unspecified atom stereocenters. The molecule has 4 nitrogen and oxygen atoms in total. The van der Waals surface area contributed by atoms with E-state index >= 15 is 0 Å². The molecule has 0 amide bonds. The van der Waals surface area contributed by atoms with E-state index in [-0.39, 0.29) is 6.61 Å². The number of methoxy groups -OCH3 is 1. The molecule has 0 radical (unpaired) electrons. The second-order valence-electron chi connectivity index (χ2n) is 8.98. The molecule has 0 aliphatic heterocycles. The number of benzene rings is 5. The van der Waals surface area contributed by atoms with Crippen LogP contribution in [0, 0.1) is 13.8 Å². The Morgan fingerprint density at radius 1 is 0.600 bits per heavy atom. The van der Waals surface area contributed by atoms with Crippen LogP contribution in [-0.2, 0) is 6.61 Å². The van der Waals surface area contributed by atoms with Crippen LogP contribution in [0.5, 0.6) is 5.75 Å². The molecule has 0 bridgehead atoms. The van der Waals surface area contributed by atoms with E-state index in [1.807, 2.05) is 71.9 Å². The maximum Gasteiger partial charge on any atom is 0.177 e. The first-order valence-corrected chi connectivity index (χ1v) is 14.4. The minimum atomic E-state index is -0.0853. The van der Waals surface area contributed by atoms with Crippen LogP contribution >= 0.6 is 0 Å². The largest absolute Gasteiger partial charge is 0.492 e. The summed E-state index contributed by atoms with van der Waals surface area (Å²) in [6.45, 7) is 16.1. The number of hydrogen-bond donors (Lipinski definition) is 1. The molecule has 0 spiro atoms. The Kier molecular flexibility index (Phi) is 8.70. The van der Waals surface area contributed by atoms with E-state index < -0.39 is 0 Å². The summed E-state index contributed by atoms with van der Waals surface area (Å²) in [5.74, 6) is 0.748. The lowest BCUT2D eigenvalue weighted by atomic mass is 9.96. The summed E-state index contributed by atoms with van der Waals surface area (Å²) < 4.78 is 18.9. The Morgan fingerprint density at radius 2 is 1.05 bits per heavy atom. The molecular formula is C36H40O4. The van der Waals surface area contributed by atoms with E-state index in [1.165, 1.54) is 0 Å². The number of ether oxygens (including phenoxy) is 1. The van der Waals surface area contributed by atoms with Gasteiger partial charge in [-0.1, -0.05) is 90.1 Å². The van der Waals surface area contributed by atoms with Crippen LogP contribution in [0.15, 0.2) is 69.5 Å². The van der Waals surface area contributed by atoms with Gasteiger partial charge in [0.25, 0.3) is 0 Å². The van der Waals surface area contributed by atoms with Gasteiger partial charge in [-0.05, 0) is 42.1 Å². The van der Waals surface area contributed by atoms with Gasteiger partial charge in [0.05, 0.1) is 13.7 Å². The monoisotopic (exact) mass is 536 g/mol. The van der Waals surface area contributed by atoms with Gasteiger partial charge in [-0.3, -0.25) is 0 Å². The van der Waals surface area contributed by atoms with Crippen molar-refractivity contribution >= 4 is 65.4 Å². The molecule has 0 aliphatic carbocycles. The number of aliphatic hydroxyl groups excluding tert-OH is 1. The van der Waals surface area contributed by atoms with Crippen LogP contribution in [0.2, 0.25) is 0 Å². The molecule has 0 atom stereocenters. The zero-order valence-electron chi connectivity index (χ0n) is 25.2. The Morgan fingerprint density at radius 3 is 1.57 bits per heavy atom. The number of aliphatic hydroxyl groups is 1. The zero-order valence-corrected chi connectivity index (χ0v) is 25.2. The first-order chi connectivity index (χ1) is 19.6. The molecule has 0 saturated carbocycles. The van der Waals surface area contributed by atoms with Crippen LogP contribution in [0.3, 0.4) is 0 Å². The highest BCUT2D eigenvalue weighted by molar-refractivity contribution is 6.23. The molecule has 2 heterocycles. The van der Waals surface area contributed by atoms with Crippen molar-refractivity contribution in [2.45, 2.75) is 62.0 Å². The van der Waals surface area contributed by atoms with Gasteiger partial charge < -0.3 is 18.7 Å². The van der Waals surface area contributed by atoms with Gasteiger partial charge in [0.2, 0.25) is 0 Å². The standard InChI is InChI=1S/C30H22O4.3C2H6/c1-15-24-21-12-17-8-4-6-10-19(17)23(14-31)28(21)33-26(24)16(2)25-22-13-18-9-5-7-11-20(18)29(32-3)30(22)34-27(15)25;3*1-2/h4-13,31H,14H2,1-3H3;3*1-2H3. The molecule has 0 aliphatic rings. The molecule has 0 saturated heterocycles. The molecule has 7 rings (SSSR count). The van der Waals surface area contributed by atoms with Crippen molar-refractivity contribution in [3.05, 3.63) is 77.4 Å². The normalized spacial score (nSPS) is 10.8. The summed E-state index contributed by atoms with van der Waals surface area (Å²) in [5, 5.41) is 18.6. The van der Waals surface area contributed by atoms with Crippen LogP contribution < -0.4 is 4.74 Å². The SMILES string of the molecule is CC.CC.CC.COc1c2ccccc2cc2c1oc1c(C)c3c(oc4c(CO)c5ccccc5cc43)c(C)c12. The third-order valence-electron chi connectivity index (χ3n) is 7.26. The van der Waals surface area contributed by atoms with E-state index in [2.05, 4.69) is 44.2 Å². The van der Waals surface area contributed by atoms with Gasteiger partial charge in [-0.25, -0.2) is 0 Å².